The molecule has 0 N–H and O–H groups in total. The van der Waals surface area contributed by atoms with Crippen LogP contribution in [0.2, 0.25) is 0 Å². The largest absolute Gasteiger partial charge is 0.318 e. The van der Waals surface area contributed by atoms with Crippen LogP contribution in [0, 0.1) is 0 Å². The molecular weight excluding hydrogens is 187 g/mol. The van der Waals surface area contributed by atoms with Crippen LogP contribution >= 0.6 is 15.9 Å². The van der Waals surface area contributed by atoms with Crippen molar-refractivity contribution in [1.82, 2.24) is 0 Å². The van der Waals surface area contributed by atoms with Gasteiger partial charge >= 0.3 is 0 Å². The Morgan fingerprint density at radius 1 is 1.44 bits per heavy atom. The van der Waals surface area contributed by atoms with Gasteiger partial charge in [-0.1, -0.05) is 13.8 Å². The Balaban J connectivity index is 2.54. The lowest BCUT2D eigenvalue weighted by Crippen LogP contribution is -2.12. The molecule has 1 nitrogen and oxygen atoms in total. The van der Waals surface area contributed by atoms with Gasteiger partial charge in [0, 0.05) is 6.42 Å². The Morgan fingerprint density at radius 2 is 2.00 bits per heavy atom. The van der Waals surface area contributed by atoms with Gasteiger partial charge in [-0.3, -0.25) is 0 Å². The Hall–Kier alpha value is 0.370. The summed E-state index contributed by atoms with van der Waals surface area (Å²) in [5.74, 6) is -1.39. The number of ether oxygens (including phenoxy) is 1. The first kappa shape index (κ1) is 7.48. The van der Waals surface area contributed by atoms with Crippen LogP contribution in [-0.2, 0) is 4.74 Å². The Bertz CT molecular complexity index is 116. The second kappa shape index (κ2) is 1.92. The van der Waals surface area contributed by atoms with E-state index in [1.54, 1.807) is 6.92 Å². The smallest absolute Gasteiger partial charge is 0.249 e. The van der Waals surface area contributed by atoms with Gasteiger partial charge in [-0.05, 0) is 22.4 Å². The average molecular weight is 197 g/mol. The zero-order valence-corrected chi connectivity index (χ0v) is 7.16. The number of hydrogen-bond donors (Lipinski definition) is 0. The van der Waals surface area contributed by atoms with Gasteiger partial charge in [0.2, 0.25) is 5.85 Å². The van der Waals surface area contributed by atoms with Crippen molar-refractivity contribution in [2.75, 3.05) is 0 Å². The van der Waals surface area contributed by atoms with E-state index in [1.165, 1.54) is 0 Å². The fraction of sp³-hybridized carbons (Fsp3) is 1.00. The number of alkyl halides is 2. The number of halogens is 2. The van der Waals surface area contributed by atoms with Crippen molar-refractivity contribution < 1.29 is 9.13 Å². The van der Waals surface area contributed by atoms with Gasteiger partial charge in [0.05, 0.1) is 0 Å². The molecule has 1 heterocycles. The first-order chi connectivity index (χ1) is 4.08. The van der Waals surface area contributed by atoms with E-state index in [9.17, 15) is 4.39 Å². The highest BCUT2D eigenvalue weighted by Crippen LogP contribution is 2.58. The normalized spacial score (nSPS) is 49.3. The van der Waals surface area contributed by atoms with Crippen LogP contribution < -0.4 is 0 Å². The highest BCUT2D eigenvalue weighted by Gasteiger charge is 2.68. The van der Waals surface area contributed by atoms with Crippen molar-refractivity contribution >= 4 is 15.9 Å². The van der Waals surface area contributed by atoms with Gasteiger partial charge in [0.25, 0.3) is 0 Å². The molecule has 1 fully saturated rings. The summed E-state index contributed by atoms with van der Waals surface area (Å²) in [6.07, 6.45) is 1.10. The van der Waals surface area contributed by atoms with Crippen molar-refractivity contribution in [1.29, 1.82) is 0 Å². The maximum Gasteiger partial charge on any atom is 0.249 e. The first-order valence-electron chi connectivity index (χ1n) is 3.16. The van der Waals surface area contributed by atoms with Gasteiger partial charge in [-0.25, -0.2) is 4.39 Å². The predicted octanol–water partition coefficient (Wildman–Crippen LogP) is 2.59. The summed E-state index contributed by atoms with van der Waals surface area (Å²) < 4.78 is 17.2. The summed E-state index contributed by atoms with van der Waals surface area (Å²) in [4.78, 5) is 0. The van der Waals surface area contributed by atoms with E-state index >= 15 is 0 Å². The van der Waals surface area contributed by atoms with Crippen LogP contribution in [0.4, 0.5) is 4.39 Å². The fourth-order valence-corrected chi connectivity index (χ4v) is 1.44. The van der Waals surface area contributed by atoms with Gasteiger partial charge in [-0.2, -0.15) is 0 Å². The predicted molar refractivity (Wildman–Crippen MR) is 37.2 cm³/mol. The summed E-state index contributed by atoms with van der Waals surface area (Å²) >= 11 is 3.17. The minimum absolute atomic E-state index is 0.423. The fourth-order valence-electron chi connectivity index (χ4n) is 0.903. The molecule has 0 aromatic heterocycles. The Morgan fingerprint density at radius 3 is 2.11 bits per heavy atom. The number of epoxide rings is 1. The quantitative estimate of drug-likeness (QED) is 0.489. The molecule has 0 radical (unpaired) electrons. The molecule has 0 bridgehead atoms. The molecule has 2 atom stereocenters. The lowest BCUT2D eigenvalue weighted by Gasteiger charge is -2.00. The minimum Gasteiger partial charge on any atom is -0.318 e. The summed E-state index contributed by atoms with van der Waals surface area (Å²) in [7, 11) is 0. The molecular formula is C6H10BrFO. The molecule has 0 aromatic carbocycles. The van der Waals surface area contributed by atoms with Crippen molar-refractivity contribution in [2.24, 2.45) is 0 Å². The molecule has 3 heteroatoms. The first-order valence-corrected chi connectivity index (χ1v) is 3.95. The third-order valence-corrected chi connectivity index (χ3v) is 3.06. The Labute approximate surface area is 62.7 Å². The zero-order valence-electron chi connectivity index (χ0n) is 5.58. The maximum atomic E-state index is 13.0. The van der Waals surface area contributed by atoms with Gasteiger partial charge in [0.15, 0.2) is 4.51 Å². The third-order valence-electron chi connectivity index (χ3n) is 1.75. The molecule has 54 valence electrons. The zero-order chi connectivity index (χ0) is 7.12. The minimum atomic E-state index is -1.39. The van der Waals surface area contributed by atoms with Gasteiger partial charge in [-0.15, -0.1) is 0 Å². The molecule has 1 rings (SSSR count). The molecule has 0 saturated carbocycles. The van der Waals surface area contributed by atoms with E-state index in [1.807, 2.05) is 6.92 Å². The van der Waals surface area contributed by atoms with Crippen LogP contribution in [-0.4, -0.2) is 10.4 Å². The number of hydrogen-bond acceptors (Lipinski definition) is 1. The molecule has 1 saturated heterocycles. The molecule has 0 aliphatic carbocycles. The topological polar surface area (TPSA) is 12.5 Å². The van der Waals surface area contributed by atoms with Crippen LogP contribution in [0.15, 0.2) is 0 Å². The van der Waals surface area contributed by atoms with E-state index in [0.717, 1.165) is 0 Å². The van der Waals surface area contributed by atoms with Crippen molar-refractivity contribution in [3.63, 3.8) is 0 Å². The standard InChI is InChI=1S/C6H10BrFO/c1-3-5(7)6(8,4-2)9-5/h3-4H2,1-2H3. The van der Waals surface area contributed by atoms with E-state index in [4.69, 9.17) is 4.74 Å². The highest BCUT2D eigenvalue weighted by molar-refractivity contribution is 9.10. The molecule has 2 unspecified atom stereocenters. The summed E-state index contributed by atoms with van der Waals surface area (Å²) in [5, 5.41) is 0. The van der Waals surface area contributed by atoms with Crippen LogP contribution in [0.3, 0.4) is 0 Å². The Kier molecular flexibility index (Phi) is 1.60. The molecule has 0 aromatic rings. The highest BCUT2D eigenvalue weighted by atomic mass is 79.9. The summed E-state index contributed by atoms with van der Waals surface area (Å²) in [6, 6.07) is 0. The van der Waals surface area contributed by atoms with Crippen molar-refractivity contribution in [3.8, 4) is 0 Å². The molecule has 0 spiro atoms. The summed E-state index contributed by atoms with van der Waals surface area (Å²) in [6.45, 7) is 3.67. The van der Waals surface area contributed by atoms with E-state index in [0.29, 0.717) is 12.8 Å². The molecule has 9 heavy (non-hydrogen) atoms. The molecule has 1 aliphatic heterocycles. The lowest BCUT2D eigenvalue weighted by molar-refractivity contribution is 0.136. The monoisotopic (exact) mass is 196 g/mol. The molecule has 1 aliphatic rings. The van der Waals surface area contributed by atoms with Gasteiger partial charge < -0.3 is 4.74 Å². The van der Waals surface area contributed by atoms with E-state index in [-0.39, 0.29) is 0 Å². The van der Waals surface area contributed by atoms with Crippen LogP contribution in [0.5, 0.6) is 0 Å². The average Bonchev–Trinajstić information content (AvgIpc) is 2.39. The second-order valence-corrected chi connectivity index (χ2v) is 3.55. The van der Waals surface area contributed by atoms with Crippen molar-refractivity contribution in [2.45, 2.75) is 37.1 Å². The summed E-state index contributed by atoms with van der Waals surface area (Å²) in [5.41, 5.74) is 0. The second-order valence-electron chi connectivity index (χ2n) is 2.27. The SMILES string of the molecule is CCC1(F)OC1(Br)CC. The number of rotatable bonds is 2. The van der Waals surface area contributed by atoms with Crippen LogP contribution in [0.25, 0.3) is 0 Å². The van der Waals surface area contributed by atoms with Crippen molar-refractivity contribution in [3.05, 3.63) is 0 Å². The van der Waals surface area contributed by atoms with Gasteiger partial charge in [0.1, 0.15) is 0 Å². The lowest BCUT2D eigenvalue weighted by atomic mass is 10.2. The van der Waals surface area contributed by atoms with E-state index < -0.39 is 10.4 Å². The van der Waals surface area contributed by atoms with Crippen LogP contribution in [0.1, 0.15) is 26.7 Å². The van der Waals surface area contributed by atoms with E-state index in [2.05, 4.69) is 15.9 Å². The maximum absolute atomic E-state index is 13.0. The molecule has 0 amide bonds. The third kappa shape index (κ3) is 0.905.